The van der Waals surface area contributed by atoms with Crippen LogP contribution in [0, 0.1) is 17.5 Å². The van der Waals surface area contributed by atoms with E-state index >= 15 is 0 Å². The van der Waals surface area contributed by atoms with Crippen molar-refractivity contribution in [3.63, 3.8) is 0 Å². The average molecular weight is 461 g/mol. The highest BCUT2D eigenvalue weighted by molar-refractivity contribution is 6.62. The molecule has 1 aliphatic heterocycles. The van der Waals surface area contributed by atoms with Gasteiger partial charge in [0.25, 0.3) is 0 Å². The van der Waals surface area contributed by atoms with Gasteiger partial charge in [-0.2, -0.15) is 9.78 Å². The Morgan fingerprint density at radius 1 is 0.939 bits per heavy atom. The number of hydrogen-bond acceptors (Lipinski definition) is 4. The predicted molar refractivity (Wildman–Crippen MR) is 120 cm³/mol. The maximum atomic E-state index is 14.9. The normalized spacial score (nSPS) is 16.5. The van der Waals surface area contributed by atoms with E-state index in [0.717, 1.165) is 33.5 Å². The molecule has 2 aromatic carbocycles. The van der Waals surface area contributed by atoms with Gasteiger partial charge in [0.15, 0.2) is 0 Å². The van der Waals surface area contributed by atoms with E-state index in [9.17, 15) is 18.0 Å². The number of benzene rings is 2. The lowest BCUT2D eigenvalue weighted by molar-refractivity contribution is 0.00578. The van der Waals surface area contributed by atoms with Gasteiger partial charge in [0, 0.05) is 11.0 Å². The number of hydrogen-bond donors (Lipinski definition) is 0. The Morgan fingerprint density at radius 3 is 2.18 bits per heavy atom. The summed E-state index contributed by atoms with van der Waals surface area (Å²) < 4.78 is 56.0. The Bertz CT molecular complexity index is 1190. The first-order valence-electron chi connectivity index (χ1n) is 10.7. The minimum atomic E-state index is -0.885. The van der Waals surface area contributed by atoms with Crippen LogP contribution in [0.1, 0.15) is 47.1 Å². The molecule has 10 heteroatoms. The summed E-state index contributed by atoms with van der Waals surface area (Å²) in [5.41, 5.74) is -1.47. The SMILES string of the molecule is CC.CC1(C)OB(c2ccc(-n3ncn(Cc4cc(F)ccc4F)c3=O)cc2F)OC1(C)C. The summed E-state index contributed by atoms with van der Waals surface area (Å²) in [6.07, 6.45) is 1.19. The van der Waals surface area contributed by atoms with Crippen molar-refractivity contribution in [3.05, 3.63) is 76.2 Å². The fourth-order valence-corrected chi connectivity index (χ4v) is 3.28. The first kappa shape index (κ1) is 24.8. The lowest BCUT2D eigenvalue weighted by Crippen LogP contribution is -2.41. The molecule has 33 heavy (non-hydrogen) atoms. The summed E-state index contributed by atoms with van der Waals surface area (Å²) in [5, 5.41) is 3.97. The Morgan fingerprint density at radius 2 is 1.58 bits per heavy atom. The van der Waals surface area contributed by atoms with E-state index in [1.54, 1.807) is 0 Å². The molecular weight excluding hydrogens is 434 g/mol. The summed E-state index contributed by atoms with van der Waals surface area (Å²) in [6.45, 7) is 11.3. The molecule has 0 bridgehead atoms. The maximum Gasteiger partial charge on any atom is 0.497 e. The first-order valence-corrected chi connectivity index (χ1v) is 10.7. The van der Waals surface area contributed by atoms with Gasteiger partial charge in [0.2, 0.25) is 0 Å². The molecule has 0 saturated carbocycles. The minimum absolute atomic E-state index is 0.00365. The van der Waals surface area contributed by atoms with Crippen LogP contribution in [0.3, 0.4) is 0 Å². The lowest BCUT2D eigenvalue weighted by Gasteiger charge is -2.32. The molecule has 0 N–H and O–H groups in total. The number of nitrogens with zero attached hydrogens (tertiary/aromatic N) is 3. The molecule has 3 aromatic rings. The van der Waals surface area contributed by atoms with Crippen molar-refractivity contribution in [2.75, 3.05) is 0 Å². The van der Waals surface area contributed by atoms with Gasteiger partial charge >= 0.3 is 12.8 Å². The van der Waals surface area contributed by atoms with E-state index in [4.69, 9.17) is 9.31 Å². The zero-order valence-corrected chi connectivity index (χ0v) is 19.5. The second kappa shape index (κ2) is 9.19. The monoisotopic (exact) mass is 461 g/mol. The molecule has 0 unspecified atom stereocenters. The quantitative estimate of drug-likeness (QED) is 0.555. The molecule has 0 atom stereocenters. The molecule has 2 heterocycles. The van der Waals surface area contributed by atoms with Gasteiger partial charge in [0.05, 0.1) is 23.4 Å². The highest BCUT2D eigenvalue weighted by Gasteiger charge is 2.52. The van der Waals surface area contributed by atoms with Crippen molar-refractivity contribution in [2.24, 2.45) is 0 Å². The molecule has 0 amide bonds. The number of rotatable bonds is 4. The van der Waals surface area contributed by atoms with Crippen LogP contribution in [-0.4, -0.2) is 32.7 Å². The van der Waals surface area contributed by atoms with E-state index in [1.807, 2.05) is 41.5 Å². The molecular formula is C23H27BF3N3O3. The molecule has 176 valence electrons. The van der Waals surface area contributed by atoms with Gasteiger partial charge < -0.3 is 9.31 Å². The van der Waals surface area contributed by atoms with Crippen LogP contribution in [0.2, 0.25) is 0 Å². The molecule has 0 spiro atoms. The third-order valence-electron chi connectivity index (χ3n) is 5.82. The molecule has 1 aromatic heterocycles. The third kappa shape index (κ3) is 4.77. The smallest absolute Gasteiger partial charge is 0.399 e. The third-order valence-corrected chi connectivity index (χ3v) is 5.82. The molecule has 1 aliphatic rings. The minimum Gasteiger partial charge on any atom is -0.399 e. The summed E-state index contributed by atoms with van der Waals surface area (Å²) in [5.74, 6) is -1.87. The molecule has 6 nitrogen and oxygen atoms in total. The molecule has 0 aliphatic carbocycles. The highest BCUT2D eigenvalue weighted by Crippen LogP contribution is 2.36. The second-order valence-electron chi connectivity index (χ2n) is 8.48. The fraction of sp³-hybridized carbons (Fsp3) is 0.391. The van der Waals surface area contributed by atoms with Gasteiger partial charge in [-0.1, -0.05) is 19.9 Å². The molecule has 1 saturated heterocycles. The van der Waals surface area contributed by atoms with Crippen LogP contribution in [0.4, 0.5) is 13.2 Å². The zero-order valence-electron chi connectivity index (χ0n) is 19.5. The van der Waals surface area contributed by atoms with Gasteiger partial charge in [-0.3, -0.25) is 4.57 Å². The van der Waals surface area contributed by atoms with Gasteiger partial charge in [0.1, 0.15) is 23.8 Å². The zero-order chi connectivity index (χ0) is 24.6. The van der Waals surface area contributed by atoms with Crippen molar-refractivity contribution in [3.8, 4) is 5.69 Å². The van der Waals surface area contributed by atoms with Crippen molar-refractivity contribution in [1.29, 1.82) is 0 Å². The highest BCUT2D eigenvalue weighted by atomic mass is 19.1. The number of aromatic nitrogens is 3. The van der Waals surface area contributed by atoms with Crippen LogP contribution in [0.5, 0.6) is 0 Å². The van der Waals surface area contributed by atoms with E-state index in [-0.39, 0.29) is 23.3 Å². The van der Waals surface area contributed by atoms with E-state index in [2.05, 4.69) is 5.10 Å². The summed E-state index contributed by atoms with van der Waals surface area (Å²) >= 11 is 0. The largest absolute Gasteiger partial charge is 0.497 e. The number of halogens is 3. The molecule has 4 rings (SSSR count). The summed E-state index contributed by atoms with van der Waals surface area (Å²) in [6, 6.07) is 7.15. The van der Waals surface area contributed by atoms with Crippen molar-refractivity contribution in [2.45, 2.75) is 59.3 Å². The molecule has 1 fully saturated rings. The van der Waals surface area contributed by atoms with Crippen LogP contribution in [0.15, 0.2) is 47.5 Å². The van der Waals surface area contributed by atoms with Crippen LogP contribution < -0.4 is 11.2 Å². The first-order chi connectivity index (χ1) is 15.5. The maximum absolute atomic E-state index is 14.9. The topological polar surface area (TPSA) is 58.3 Å². The van der Waals surface area contributed by atoms with E-state index in [0.29, 0.717) is 0 Å². The second-order valence-corrected chi connectivity index (χ2v) is 8.48. The van der Waals surface area contributed by atoms with Gasteiger partial charge in [-0.15, -0.1) is 0 Å². The standard InChI is InChI=1S/C21H21BF3N3O3.C2H6/c1-20(2)21(3,4)31-22(30-20)16-7-6-15(10-18(16)25)28-19(29)27(12-26-28)11-13-9-14(23)5-8-17(13)24;1-2/h5-10,12H,11H2,1-4H3;1-2H3. The Hall–Kier alpha value is -2.85. The van der Waals surface area contributed by atoms with Crippen molar-refractivity contribution >= 4 is 12.6 Å². The Balaban J connectivity index is 0.00000149. The predicted octanol–water partition coefficient (Wildman–Crippen LogP) is 3.83. The van der Waals surface area contributed by atoms with Gasteiger partial charge in [-0.05, 0) is 58.0 Å². The summed E-state index contributed by atoms with van der Waals surface area (Å²) in [4.78, 5) is 12.7. The van der Waals surface area contributed by atoms with Crippen LogP contribution in [0.25, 0.3) is 5.69 Å². The van der Waals surface area contributed by atoms with Crippen LogP contribution >= 0.6 is 0 Å². The average Bonchev–Trinajstić information content (AvgIpc) is 3.21. The van der Waals surface area contributed by atoms with E-state index < -0.39 is 41.5 Å². The Kier molecular flexibility index (Phi) is 6.90. The van der Waals surface area contributed by atoms with Crippen LogP contribution in [-0.2, 0) is 15.9 Å². The molecule has 0 radical (unpaired) electrons. The lowest BCUT2D eigenvalue weighted by atomic mass is 9.78. The van der Waals surface area contributed by atoms with Crippen molar-refractivity contribution in [1.82, 2.24) is 14.3 Å². The van der Waals surface area contributed by atoms with Gasteiger partial charge in [-0.25, -0.2) is 18.0 Å². The fourth-order valence-electron chi connectivity index (χ4n) is 3.28. The Labute approximate surface area is 191 Å². The summed E-state index contributed by atoms with van der Waals surface area (Å²) in [7, 11) is -0.885. The van der Waals surface area contributed by atoms with Crippen molar-refractivity contribution < 1.29 is 22.5 Å². The van der Waals surface area contributed by atoms with E-state index in [1.165, 1.54) is 18.5 Å².